The summed E-state index contributed by atoms with van der Waals surface area (Å²) in [5.74, 6) is -0.826. The van der Waals surface area contributed by atoms with Gasteiger partial charge in [-0.3, -0.25) is 4.90 Å². The van der Waals surface area contributed by atoms with Crippen molar-refractivity contribution in [2.45, 2.75) is 57.7 Å². The van der Waals surface area contributed by atoms with E-state index in [-0.39, 0.29) is 19.6 Å². The van der Waals surface area contributed by atoms with Crippen molar-refractivity contribution >= 4 is 28.0 Å². The van der Waals surface area contributed by atoms with Crippen LogP contribution in [-0.4, -0.2) is 59.6 Å². The van der Waals surface area contributed by atoms with Crippen molar-refractivity contribution in [2.24, 2.45) is 0 Å². The molecule has 0 aliphatic carbocycles. The van der Waals surface area contributed by atoms with Gasteiger partial charge in [0, 0.05) is 10.9 Å². The van der Waals surface area contributed by atoms with Gasteiger partial charge in [-0.15, -0.1) is 0 Å². The van der Waals surface area contributed by atoms with Crippen LogP contribution >= 0.6 is 15.9 Å². The number of carbonyl (C=O) groups is 2. The molecule has 3 atom stereocenters. The van der Waals surface area contributed by atoms with E-state index in [1.807, 2.05) is 0 Å². The first-order chi connectivity index (χ1) is 13.5. The highest BCUT2D eigenvalue weighted by Crippen LogP contribution is 2.26. The first kappa shape index (κ1) is 23.5. The maximum atomic E-state index is 12.6. The zero-order chi connectivity index (χ0) is 21.8. The Morgan fingerprint density at radius 2 is 1.90 bits per heavy atom. The normalized spacial score (nSPS) is 20.6. The number of esters is 1. The summed E-state index contributed by atoms with van der Waals surface area (Å²) >= 11 is 3.28. The van der Waals surface area contributed by atoms with Crippen molar-refractivity contribution in [3.05, 3.63) is 34.3 Å². The highest BCUT2D eigenvalue weighted by Gasteiger charge is 2.44. The van der Waals surface area contributed by atoms with Gasteiger partial charge in [-0.25, -0.2) is 9.59 Å². The quantitative estimate of drug-likeness (QED) is 0.626. The first-order valence-corrected chi connectivity index (χ1v) is 9.79. The van der Waals surface area contributed by atoms with Gasteiger partial charge in [0.05, 0.1) is 12.6 Å². The van der Waals surface area contributed by atoms with Gasteiger partial charge in [0.1, 0.15) is 24.4 Å². The average Bonchev–Trinajstić information content (AvgIpc) is 3.02. The SMILES string of the molecule is CC(C)(C)OC(=O)N1C[C@@H](OC(F)F)C[C@H]1C(=O)OCC(O)c1ccc(Br)cc1. The number of alkyl halides is 2. The number of likely N-dealkylation sites (tertiary alicyclic amines) is 1. The summed E-state index contributed by atoms with van der Waals surface area (Å²) in [5, 5.41) is 10.2. The third-order valence-corrected chi connectivity index (χ3v) is 4.63. The predicted octanol–water partition coefficient (Wildman–Crippen LogP) is 3.64. The van der Waals surface area contributed by atoms with Crippen LogP contribution in [-0.2, 0) is 19.0 Å². The maximum Gasteiger partial charge on any atom is 0.411 e. The lowest BCUT2D eigenvalue weighted by Gasteiger charge is -2.27. The number of carbonyl (C=O) groups excluding carboxylic acids is 2. The maximum absolute atomic E-state index is 12.6. The van der Waals surface area contributed by atoms with E-state index in [2.05, 4.69) is 20.7 Å². The van der Waals surface area contributed by atoms with Crippen LogP contribution in [0.25, 0.3) is 0 Å². The summed E-state index contributed by atoms with van der Waals surface area (Å²) in [5.41, 5.74) is -0.291. The van der Waals surface area contributed by atoms with Gasteiger partial charge in [-0.2, -0.15) is 8.78 Å². The molecule has 162 valence electrons. The fourth-order valence-corrected chi connectivity index (χ4v) is 3.09. The second-order valence-electron chi connectivity index (χ2n) is 7.60. The van der Waals surface area contributed by atoms with Gasteiger partial charge >= 0.3 is 18.7 Å². The number of halogens is 3. The summed E-state index contributed by atoms with van der Waals surface area (Å²) in [6, 6.07) is 5.64. The number of ether oxygens (including phenoxy) is 3. The average molecular weight is 480 g/mol. The second kappa shape index (κ2) is 9.82. The molecule has 1 N–H and O–H groups in total. The molecule has 0 aromatic heterocycles. The highest BCUT2D eigenvalue weighted by molar-refractivity contribution is 9.10. The number of benzene rings is 1. The Morgan fingerprint density at radius 3 is 2.45 bits per heavy atom. The second-order valence-corrected chi connectivity index (χ2v) is 8.52. The molecule has 1 saturated heterocycles. The third-order valence-electron chi connectivity index (χ3n) is 4.10. The standard InChI is InChI=1S/C19H24BrF2NO6/c1-19(2,3)29-18(26)23-9-13(28-17(21)22)8-14(23)16(25)27-10-15(24)11-4-6-12(20)7-5-11/h4-7,13-15,17,24H,8-10H2,1-3H3/t13-,14-,15?/m0/s1. The Kier molecular flexibility index (Phi) is 7.95. The first-order valence-electron chi connectivity index (χ1n) is 8.99. The Labute approximate surface area is 176 Å². The molecular formula is C19H24BrF2NO6. The van der Waals surface area contributed by atoms with Crippen molar-refractivity contribution < 1.29 is 37.7 Å². The van der Waals surface area contributed by atoms with E-state index in [9.17, 15) is 23.5 Å². The molecule has 1 aromatic carbocycles. The number of hydrogen-bond donors (Lipinski definition) is 1. The summed E-state index contributed by atoms with van der Waals surface area (Å²) in [6.45, 7) is 1.34. The van der Waals surface area contributed by atoms with Crippen molar-refractivity contribution in [3.63, 3.8) is 0 Å². The van der Waals surface area contributed by atoms with Crippen LogP contribution in [0.15, 0.2) is 28.7 Å². The third kappa shape index (κ3) is 7.20. The molecular weight excluding hydrogens is 456 g/mol. The number of aliphatic hydroxyl groups is 1. The zero-order valence-corrected chi connectivity index (χ0v) is 17.9. The molecule has 1 aliphatic heterocycles. The molecule has 1 unspecified atom stereocenters. The topological polar surface area (TPSA) is 85.3 Å². The number of nitrogens with zero attached hydrogens (tertiary/aromatic N) is 1. The Morgan fingerprint density at radius 1 is 1.28 bits per heavy atom. The van der Waals surface area contributed by atoms with E-state index in [1.54, 1.807) is 45.0 Å². The van der Waals surface area contributed by atoms with E-state index in [1.165, 1.54) is 0 Å². The molecule has 2 rings (SSSR count). The molecule has 1 aromatic rings. The molecule has 0 saturated carbocycles. The molecule has 0 spiro atoms. The predicted molar refractivity (Wildman–Crippen MR) is 102 cm³/mol. The molecule has 0 radical (unpaired) electrons. The van der Waals surface area contributed by atoms with Crippen LogP contribution in [0, 0.1) is 0 Å². The van der Waals surface area contributed by atoms with Gasteiger partial charge in [0.2, 0.25) is 0 Å². The lowest BCUT2D eigenvalue weighted by molar-refractivity contribution is -0.160. The van der Waals surface area contributed by atoms with Crippen LogP contribution in [0.1, 0.15) is 38.9 Å². The van der Waals surface area contributed by atoms with Gasteiger partial charge in [0.15, 0.2) is 0 Å². The molecule has 7 nitrogen and oxygen atoms in total. The van der Waals surface area contributed by atoms with Gasteiger partial charge in [-0.05, 0) is 38.5 Å². The Hall–Kier alpha value is -1.78. The van der Waals surface area contributed by atoms with E-state index in [0.717, 1.165) is 9.37 Å². The number of aliphatic hydroxyl groups excluding tert-OH is 1. The molecule has 1 aliphatic rings. The van der Waals surface area contributed by atoms with Crippen molar-refractivity contribution in [2.75, 3.05) is 13.2 Å². The van der Waals surface area contributed by atoms with Crippen molar-refractivity contribution in [1.82, 2.24) is 4.90 Å². The summed E-state index contributed by atoms with van der Waals surface area (Å²) in [4.78, 5) is 25.9. The number of rotatable bonds is 6. The molecule has 1 amide bonds. The van der Waals surface area contributed by atoms with Crippen LogP contribution < -0.4 is 0 Å². The van der Waals surface area contributed by atoms with E-state index in [0.29, 0.717) is 5.56 Å². The summed E-state index contributed by atoms with van der Waals surface area (Å²) in [7, 11) is 0. The van der Waals surface area contributed by atoms with E-state index in [4.69, 9.17) is 9.47 Å². The Bertz CT molecular complexity index is 710. The smallest absolute Gasteiger partial charge is 0.411 e. The van der Waals surface area contributed by atoms with Crippen LogP contribution in [0.4, 0.5) is 13.6 Å². The van der Waals surface area contributed by atoms with Gasteiger partial charge < -0.3 is 19.3 Å². The number of hydrogen-bond acceptors (Lipinski definition) is 6. The fraction of sp³-hybridized carbons (Fsp3) is 0.579. The summed E-state index contributed by atoms with van der Waals surface area (Å²) in [6.07, 6.45) is -3.09. The minimum absolute atomic E-state index is 0.156. The summed E-state index contributed by atoms with van der Waals surface area (Å²) < 4.78 is 40.8. The molecule has 0 bridgehead atoms. The van der Waals surface area contributed by atoms with Crippen molar-refractivity contribution in [3.8, 4) is 0 Å². The largest absolute Gasteiger partial charge is 0.461 e. The van der Waals surface area contributed by atoms with Crippen LogP contribution in [0.5, 0.6) is 0 Å². The van der Waals surface area contributed by atoms with E-state index < -0.39 is 42.5 Å². The highest BCUT2D eigenvalue weighted by atomic mass is 79.9. The van der Waals surface area contributed by atoms with Gasteiger partial charge in [-0.1, -0.05) is 28.1 Å². The van der Waals surface area contributed by atoms with Crippen LogP contribution in [0.3, 0.4) is 0 Å². The lowest BCUT2D eigenvalue weighted by Crippen LogP contribution is -2.44. The molecule has 10 heteroatoms. The molecule has 29 heavy (non-hydrogen) atoms. The monoisotopic (exact) mass is 479 g/mol. The van der Waals surface area contributed by atoms with Crippen molar-refractivity contribution in [1.29, 1.82) is 0 Å². The Balaban J connectivity index is 2.03. The fourth-order valence-electron chi connectivity index (χ4n) is 2.83. The van der Waals surface area contributed by atoms with Crippen LogP contribution in [0.2, 0.25) is 0 Å². The zero-order valence-electron chi connectivity index (χ0n) is 16.3. The van der Waals surface area contributed by atoms with E-state index >= 15 is 0 Å². The van der Waals surface area contributed by atoms with Gasteiger partial charge in [0.25, 0.3) is 0 Å². The molecule has 1 heterocycles. The minimum atomic E-state index is -3.03. The minimum Gasteiger partial charge on any atom is -0.461 e. The molecule has 1 fully saturated rings. The number of amides is 1. The lowest BCUT2D eigenvalue weighted by atomic mass is 10.1.